The number of fused-ring (bicyclic) bond motifs is 1. The van der Waals surface area contributed by atoms with E-state index in [-0.39, 0.29) is 5.91 Å². The lowest BCUT2D eigenvalue weighted by molar-refractivity contribution is 0.0746. The highest BCUT2D eigenvalue weighted by molar-refractivity contribution is 5.98. The van der Waals surface area contributed by atoms with E-state index in [4.69, 9.17) is 4.84 Å². The number of amides is 1. The number of benzene rings is 2. The third kappa shape index (κ3) is 5.43. The van der Waals surface area contributed by atoms with E-state index >= 15 is 0 Å². The van der Waals surface area contributed by atoms with Crippen molar-refractivity contribution in [2.75, 3.05) is 6.54 Å². The van der Waals surface area contributed by atoms with Crippen LogP contribution >= 0.6 is 0 Å². The smallest absolute Gasteiger partial charge is 0.254 e. The molecule has 0 spiro atoms. The second-order valence-electron chi connectivity index (χ2n) is 7.62. The van der Waals surface area contributed by atoms with E-state index in [9.17, 15) is 4.79 Å². The number of nitrogens with zero attached hydrogens (tertiary/aromatic N) is 2. The Bertz CT molecular complexity index is 771. The standard InChI is InChI=1S/C23H28N2O2/c1-18(2)14-20(12-13-24-27-17-19-8-4-3-5-9-19)15-25-16-21-10-6-7-11-22(21)23(25)26/h3-11,13,18,20H,12,14-17H2,1-2H3/t20-/m1/s1. The highest BCUT2D eigenvalue weighted by Gasteiger charge is 2.28. The molecule has 1 aliphatic heterocycles. The maximum absolute atomic E-state index is 12.6. The largest absolute Gasteiger partial charge is 0.391 e. The Balaban J connectivity index is 1.52. The maximum atomic E-state index is 12.6. The van der Waals surface area contributed by atoms with E-state index in [2.05, 4.69) is 19.0 Å². The fourth-order valence-corrected chi connectivity index (χ4v) is 3.62. The Labute approximate surface area is 161 Å². The fraction of sp³-hybridized carbons (Fsp3) is 0.391. The summed E-state index contributed by atoms with van der Waals surface area (Å²) in [7, 11) is 0. The average Bonchev–Trinajstić information content (AvgIpc) is 2.98. The van der Waals surface area contributed by atoms with E-state index < -0.39 is 0 Å². The summed E-state index contributed by atoms with van der Waals surface area (Å²) in [4.78, 5) is 20.0. The van der Waals surface area contributed by atoms with Crippen molar-refractivity contribution in [1.82, 2.24) is 4.90 Å². The average molecular weight is 364 g/mol. The van der Waals surface area contributed by atoms with Crippen LogP contribution in [0.25, 0.3) is 0 Å². The summed E-state index contributed by atoms with van der Waals surface area (Å²) in [5, 5.41) is 4.12. The first-order valence-corrected chi connectivity index (χ1v) is 9.68. The van der Waals surface area contributed by atoms with Crippen LogP contribution in [0.5, 0.6) is 0 Å². The summed E-state index contributed by atoms with van der Waals surface area (Å²) in [5.74, 6) is 1.11. The molecule has 2 aromatic rings. The molecule has 0 bridgehead atoms. The molecule has 4 heteroatoms. The van der Waals surface area contributed by atoms with Gasteiger partial charge in [0.25, 0.3) is 5.91 Å². The quantitative estimate of drug-likeness (QED) is 0.469. The van der Waals surface area contributed by atoms with Crippen molar-refractivity contribution in [1.29, 1.82) is 0 Å². The van der Waals surface area contributed by atoms with E-state index in [1.165, 1.54) is 0 Å². The van der Waals surface area contributed by atoms with Crippen LogP contribution in [0.4, 0.5) is 0 Å². The molecule has 1 aliphatic rings. The van der Waals surface area contributed by atoms with E-state index in [1.807, 2.05) is 65.7 Å². The Morgan fingerprint density at radius 1 is 1.11 bits per heavy atom. The lowest BCUT2D eigenvalue weighted by Gasteiger charge is -2.24. The molecule has 4 nitrogen and oxygen atoms in total. The molecular weight excluding hydrogens is 336 g/mol. The highest BCUT2D eigenvalue weighted by Crippen LogP contribution is 2.25. The van der Waals surface area contributed by atoms with Gasteiger partial charge in [0.2, 0.25) is 0 Å². The van der Waals surface area contributed by atoms with E-state index in [0.29, 0.717) is 25.0 Å². The third-order valence-corrected chi connectivity index (χ3v) is 4.84. The van der Waals surface area contributed by atoms with Gasteiger partial charge in [-0.1, -0.05) is 67.5 Å². The molecule has 0 N–H and O–H groups in total. The van der Waals surface area contributed by atoms with Crippen LogP contribution in [0.15, 0.2) is 59.8 Å². The molecule has 27 heavy (non-hydrogen) atoms. The van der Waals surface area contributed by atoms with Crippen LogP contribution < -0.4 is 0 Å². The molecule has 0 unspecified atom stereocenters. The molecule has 0 saturated heterocycles. The predicted octanol–water partition coefficient (Wildman–Crippen LogP) is 4.90. The summed E-state index contributed by atoms with van der Waals surface area (Å²) in [6.45, 7) is 6.39. The van der Waals surface area contributed by atoms with Crippen LogP contribution in [-0.2, 0) is 18.0 Å². The second kappa shape index (κ2) is 9.36. The molecule has 0 radical (unpaired) electrons. The van der Waals surface area contributed by atoms with Gasteiger partial charge in [0.05, 0.1) is 0 Å². The minimum absolute atomic E-state index is 0.150. The SMILES string of the molecule is CC(C)C[C@@H](CC=NOCc1ccccc1)CN1Cc2ccccc2C1=O. The lowest BCUT2D eigenvalue weighted by atomic mass is 9.94. The predicted molar refractivity (Wildman–Crippen MR) is 108 cm³/mol. The second-order valence-corrected chi connectivity index (χ2v) is 7.62. The molecule has 0 saturated carbocycles. The number of hydrogen-bond donors (Lipinski definition) is 0. The van der Waals surface area contributed by atoms with Gasteiger partial charge in [-0.3, -0.25) is 4.79 Å². The number of oxime groups is 1. The third-order valence-electron chi connectivity index (χ3n) is 4.84. The summed E-state index contributed by atoms with van der Waals surface area (Å²) >= 11 is 0. The lowest BCUT2D eigenvalue weighted by Crippen LogP contribution is -2.30. The summed E-state index contributed by atoms with van der Waals surface area (Å²) < 4.78 is 0. The maximum Gasteiger partial charge on any atom is 0.254 e. The summed E-state index contributed by atoms with van der Waals surface area (Å²) in [5.41, 5.74) is 3.08. The Hall–Kier alpha value is -2.62. The minimum Gasteiger partial charge on any atom is -0.391 e. The van der Waals surface area contributed by atoms with Crippen molar-refractivity contribution in [3.63, 3.8) is 0 Å². The van der Waals surface area contributed by atoms with Crippen molar-refractivity contribution >= 4 is 12.1 Å². The number of rotatable bonds is 9. The number of hydrogen-bond acceptors (Lipinski definition) is 3. The first-order valence-electron chi connectivity index (χ1n) is 9.68. The molecule has 1 heterocycles. The van der Waals surface area contributed by atoms with Gasteiger partial charge in [0, 0.05) is 24.9 Å². The van der Waals surface area contributed by atoms with Crippen molar-refractivity contribution < 1.29 is 9.63 Å². The molecule has 142 valence electrons. The Morgan fingerprint density at radius 3 is 2.59 bits per heavy atom. The molecule has 0 aromatic heterocycles. The van der Waals surface area contributed by atoms with Crippen LogP contribution in [0, 0.1) is 11.8 Å². The highest BCUT2D eigenvalue weighted by atomic mass is 16.6. The fourth-order valence-electron chi connectivity index (χ4n) is 3.62. The van der Waals surface area contributed by atoms with Crippen molar-refractivity contribution in [2.45, 2.75) is 39.8 Å². The van der Waals surface area contributed by atoms with Gasteiger partial charge in [-0.2, -0.15) is 0 Å². The molecule has 0 fully saturated rings. The van der Waals surface area contributed by atoms with Gasteiger partial charge < -0.3 is 9.74 Å². The Kier molecular flexibility index (Phi) is 6.64. The topological polar surface area (TPSA) is 41.9 Å². The summed E-state index contributed by atoms with van der Waals surface area (Å²) in [6, 6.07) is 17.9. The molecular formula is C23H28N2O2. The van der Waals surface area contributed by atoms with Crippen LogP contribution in [0.2, 0.25) is 0 Å². The number of carbonyl (C=O) groups is 1. The Morgan fingerprint density at radius 2 is 1.85 bits per heavy atom. The molecule has 2 aromatic carbocycles. The minimum atomic E-state index is 0.150. The normalized spacial score (nSPS) is 14.8. The van der Waals surface area contributed by atoms with E-state index in [0.717, 1.165) is 36.1 Å². The number of carbonyl (C=O) groups excluding carboxylic acids is 1. The summed E-state index contributed by atoms with van der Waals surface area (Å²) in [6.07, 6.45) is 3.72. The molecule has 0 aliphatic carbocycles. The van der Waals surface area contributed by atoms with Gasteiger partial charge in [-0.25, -0.2) is 0 Å². The first-order chi connectivity index (χ1) is 13.1. The van der Waals surface area contributed by atoms with E-state index in [1.54, 1.807) is 0 Å². The molecule has 1 atom stereocenters. The van der Waals surface area contributed by atoms with Gasteiger partial charge in [-0.15, -0.1) is 0 Å². The van der Waals surface area contributed by atoms with Crippen LogP contribution in [0.3, 0.4) is 0 Å². The van der Waals surface area contributed by atoms with Crippen molar-refractivity contribution in [3.05, 3.63) is 71.3 Å². The van der Waals surface area contributed by atoms with Gasteiger partial charge in [0.1, 0.15) is 6.61 Å². The van der Waals surface area contributed by atoms with Crippen LogP contribution in [0.1, 0.15) is 48.2 Å². The van der Waals surface area contributed by atoms with Gasteiger partial charge in [0.15, 0.2) is 0 Å². The van der Waals surface area contributed by atoms with Crippen LogP contribution in [-0.4, -0.2) is 23.6 Å². The zero-order chi connectivity index (χ0) is 19.1. The molecule has 1 amide bonds. The van der Waals surface area contributed by atoms with Crippen molar-refractivity contribution in [3.8, 4) is 0 Å². The zero-order valence-electron chi connectivity index (χ0n) is 16.2. The van der Waals surface area contributed by atoms with Gasteiger partial charge in [-0.05, 0) is 41.9 Å². The monoisotopic (exact) mass is 364 g/mol. The zero-order valence-corrected chi connectivity index (χ0v) is 16.2. The first kappa shape index (κ1) is 19.2. The molecule has 3 rings (SSSR count). The van der Waals surface area contributed by atoms with Gasteiger partial charge >= 0.3 is 0 Å². The van der Waals surface area contributed by atoms with Crippen molar-refractivity contribution in [2.24, 2.45) is 17.0 Å².